The van der Waals surface area contributed by atoms with Crippen LogP contribution in [0.2, 0.25) is 0 Å². The van der Waals surface area contributed by atoms with Crippen LogP contribution in [0.25, 0.3) is 0 Å². The third-order valence-electron chi connectivity index (χ3n) is 5.31. The van der Waals surface area contributed by atoms with Crippen LogP contribution < -0.4 is 4.74 Å². The van der Waals surface area contributed by atoms with Crippen LogP contribution in [0, 0.1) is 19.8 Å². The molecule has 2 heterocycles. The number of aliphatic carboxylic acids is 1. The van der Waals surface area contributed by atoms with Crippen molar-refractivity contribution in [2.45, 2.75) is 52.7 Å². The molecule has 0 saturated carbocycles. The van der Waals surface area contributed by atoms with E-state index in [0.717, 1.165) is 29.0 Å². The van der Waals surface area contributed by atoms with Crippen LogP contribution in [-0.2, 0) is 22.6 Å². The standard InChI is InChI=1S/C21H26N2O5/c1-13-8-9-23(19(10-13)21(25)26)20(24)11-16-4-6-17(7-5-16)27-12-18-14(2)22-28-15(18)3/h4-7,13,19H,8-12H2,1-3H3,(H,25,26). The maximum atomic E-state index is 12.6. The number of carbonyl (C=O) groups is 2. The molecule has 7 heteroatoms. The van der Waals surface area contributed by atoms with Crippen LogP contribution in [0.15, 0.2) is 28.8 Å². The number of piperidine rings is 1. The van der Waals surface area contributed by atoms with Gasteiger partial charge in [0.15, 0.2) is 0 Å². The molecule has 1 N–H and O–H groups in total. The molecule has 1 amide bonds. The number of likely N-dealkylation sites (tertiary alicyclic amines) is 1. The number of aromatic nitrogens is 1. The predicted octanol–water partition coefficient (Wildman–Crippen LogP) is 3.12. The monoisotopic (exact) mass is 386 g/mol. The SMILES string of the molecule is Cc1noc(C)c1COc1ccc(CC(=O)N2CCC(C)CC2C(=O)O)cc1. The second kappa shape index (κ2) is 8.46. The lowest BCUT2D eigenvalue weighted by Crippen LogP contribution is -2.50. The Labute approximate surface area is 164 Å². The van der Waals surface area contributed by atoms with Crippen molar-refractivity contribution in [1.82, 2.24) is 10.1 Å². The van der Waals surface area contributed by atoms with E-state index in [1.807, 2.05) is 45.0 Å². The van der Waals surface area contributed by atoms with Crippen molar-refractivity contribution < 1.29 is 24.0 Å². The van der Waals surface area contributed by atoms with Crippen LogP contribution in [-0.4, -0.2) is 39.6 Å². The van der Waals surface area contributed by atoms with E-state index >= 15 is 0 Å². The number of rotatable bonds is 6. The van der Waals surface area contributed by atoms with Gasteiger partial charge in [-0.1, -0.05) is 24.2 Å². The summed E-state index contributed by atoms with van der Waals surface area (Å²) >= 11 is 0. The number of hydrogen-bond acceptors (Lipinski definition) is 5. The van der Waals surface area contributed by atoms with E-state index in [9.17, 15) is 14.7 Å². The Morgan fingerprint density at radius 3 is 2.61 bits per heavy atom. The number of benzene rings is 1. The second-order valence-corrected chi connectivity index (χ2v) is 7.48. The van der Waals surface area contributed by atoms with Crippen LogP contribution >= 0.6 is 0 Å². The molecule has 1 aromatic heterocycles. The second-order valence-electron chi connectivity index (χ2n) is 7.48. The molecule has 1 aliphatic rings. The number of hydrogen-bond donors (Lipinski definition) is 1. The first-order valence-corrected chi connectivity index (χ1v) is 9.51. The number of amides is 1. The Morgan fingerprint density at radius 1 is 1.29 bits per heavy atom. The fraction of sp³-hybridized carbons (Fsp3) is 0.476. The van der Waals surface area contributed by atoms with Crippen LogP contribution in [0.1, 0.15) is 42.3 Å². The van der Waals surface area contributed by atoms with Gasteiger partial charge in [0, 0.05) is 6.54 Å². The minimum absolute atomic E-state index is 0.149. The molecule has 1 aliphatic heterocycles. The van der Waals surface area contributed by atoms with Crippen LogP contribution in [0.5, 0.6) is 5.75 Å². The number of nitrogens with zero attached hydrogens (tertiary/aromatic N) is 2. The third kappa shape index (κ3) is 4.52. The third-order valence-corrected chi connectivity index (χ3v) is 5.31. The van der Waals surface area contributed by atoms with Gasteiger partial charge in [0.05, 0.1) is 17.7 Å². The van der Waals surface area contributed by atoms with E-state index in [4.69, 9.17) is 9.26 Å². The Morgan fingerprint density at radius 2 is 2.00 bits per heavy atom. The van der Waals surface area contributed by atoms with Gasteiger partial charge in [0.2, 0.25) is 5.91 Å². The van der Waals surface area contributed by atoms with Gasteiger partial charge in [-0.15, -0.1) is 0 Å². The summed E-state index contributed by atoms with van der Waals surface area (Å²) in [5.74, 6) is 0.668. The molecule has 0 spiro atoms. The maximum absolute atomic E-state index is 12.6. The molecule has 1 saturated heterocycles. The summed E-state index contributed by atoms with van der Waals surface area (Å²) in [6, 6.07) is 6.57. The maximum Gasteiger partial charge on any atom is 0.326 e. The molecule has 0 radical (unpaired) electrons. The molecule has 1 fully saturated rings. The van der Waals surface area contributed by atoms with Gasteiger partial charge in [-0.05, 0) is 50.3 Å². The quantitative estimate of drug-likeness (QED) is 0.820. The van der Waals surface area contributed by atoms with Crippen molar-refractivity contribution in [2.75, 3.05) is 6.54 Å². The van der Waals surface area contributed by atoms with E-state index < -0.39 is 12.0 Å². The van der Waals surface area contributed by atoms with Gasteiger partial charge >= 0.3 is 5.97 Å². The molecule has 150 valence electrons. The van der Waals surface area contributed by atoms with Gasteiger partial charge in [-0.25, -0.2) is 4.79 Å². The van der Waals surface area contributed by atoms with Gasteiger partial charge in [0.1, 0.15) is 24.2 Å². The van der Waals surface area contributed by atoms with E-state index in [0.29, 0.717) is 31.2 Å². The highest BCUT2D eigenvalue weighted by Gasteiger charge is 2.34. The fourth-order valence-corrected chi connectivity index (χ4v) is 3.52. The normalized spacial score (nSPS) is 19.5. The zero-order valence-electron chi connectivity index (χ0n) is 16.5. The minimum Gasteiger partial charge on any atom is -0.489 e. The van der Waals surface area contributed by atoms with Crippen molar-refractivity contribution in [3.8, 4) is 5.75 Å². The van der Waals surface area contributed by atoms with Crippen LogP contribution in [0.4, 0.5) is 0 Å². The summed E-state index contributed by atoms with van der Waals surface area (Å²) in [5, 5.41) is 13.3. The lowest BCUT2D eigenvalue weighted by atomic mass is 9.92. The Hall–Kier alpha value is -2.83. The summed E-state index contributed by atoms with van der Waals surface area (Å²) in [7, 11) is 0. The molecule has 28 heavy (non-hydrogen) atoms. The summed E-state index contributed by atoms with van der Waals surface area (Å²) in [5.41, 5.74) is 2.57. The summed E-state index contributed by atoms with van der Waals surface area (Å²) < 4.78 is 10.9. The summed E-state index contributed by atoms with van der Waals surface area (Å²) in [4.78, 5) is 25.7. The van der Waals surface area contributed by atoms with E-state index in [1.165, 1.54) is 4.90 Å². The van der Waals surface area contributed by atoms with Crippen molar-refractivity contribution >= 4 is 11.9 Å². The molecule has 2 unspecified atom stereocenters. The number of carboxylic acids is 1. The fourth-order valence-electron chi connectivity index (χ4n) is 3.52. The molecule has 7 nitrogen and oxygen atoms in total. The highest BCUT2D eigenvalue weighted by atomic mass is 16.5. The summed E-state index contributed by atoms with van der Waals surface area (Å²) in [6.07, 6.45) is 1.53. The predicted molar refractivity (Wildman–Crippen MR) is 102 cm³/mol. The highest BCUT2D eigenvalue weighted by Crippen LogP contribution is 2.24. The highest BCUT2D eigenvalue weighted by molar-refractivity contribution is 5.85. The molecule has 3 rings (SSSR count). The molecular formula is C21H26N2O5. The first-order valence-electron chi connectivity index (χ1n) is 9.51. The Balaban J connectivity index is 1.59. The lowest BCUT2D eigenvalue weighted by molar-refractivity contribution is -0.152. The number of aryl methyl sites for hydroxylation is 2. The van der Waals surface area contributed by atoms with Crippen molar-refractivity contribution in [2.24, 2.45) is 5.92 Å². The van der Waals surface area contributed by atoms with E-state index in [-0.39, 0.29) is 12.3 Å². The number of ether oxygens (including phenoxy) is 1. The number of carbonyl (C=O) groups excluding carboxylic acids is 1. The minimum atomic E-state index is -0.928. The smallest absolute Gasteiger partial charge is 0.326 e. The molecule has 2 aromatic rings. The van der Waals surface area contributed by atoms with Crippen LogP contribution in [0.3, 0.4) is 0 Å². The average molecular weight is 386 g/mol. The topological polar surface area (TPSA) is 92.9 Å². The largest absolute Gasteiger partial charge is 0.489 e. The zero-order valence-corrected chi connectivity index (χ0v) is 16.5. The first-order chi connectivity index (χ1) is 13.3. The molecule has 0 bridgehead atoms. The average Bonchev–Trinajstić information content (AvgIpc) is 2.98. The number of carboxylic acid groups (broad SMARTS) is 1. The Kier molecular flexibility index (Phi) is 6.02. The molecule has 1 aromatic carbocycles. The Bertz CT molecular complexity index is 823. The lowest BCUT2D eigenvalue weighted by Gasteiger charge is -2.36. The molecular weight excluding hydrogens is 360 g/mol. The van der Waals surface area contributed by atoms with E-state index in [2.05, 4.69) is 5.16 Å². The van der Waals surface area contributed by atoms with E-state index in [1.54, 1.807) is 0 Å². The van der Waals surface area contributed by atoms with Gasteiger partial charge in [-0.3, -0.25) is 4.79 Å². The van der Waals surface area contributed by atoms with Crippen molar-refractivity contribution in [1.29, 1.82) is 0 Å². The van der Waals surface area contributed by atoms with Gasteiger partial charge < -0.3 is 19.3 Å². The van der Waals surface area contributed by atoms with Gasteiger partial charge in [-0.2, -0.15) is 0 Å². The summed E-state index contributed by atoms with van der Waals surface area (Å²) in [6.45, 7) is 6.61. The molecule has 0 aliphatic carbocycles. The first kappa shape index (κ1) is 19.9. The van der Waals surface area contributed by atoms with Gasteiger partial charge in [0.25, 0.3) is 0 Å². The zero-order chi connectivity index (χ0) is 20.3. The van der Waals surface area contributed by atoms with Crippen molar-refractivity contribution in [3.05, 3.63) is 46.8 Å². The molecule has 2 atom stereocenters. The van der Waals surface area contributed by atoms with Crippen molar-refractivity contribution in [3.63, 3.8) is 0 Å².